The number of hydrogen-bond donors (Lipinski definition) is 2. The highest BCUT2D eigenvalue weighted by Gasteiger charge is 2.13. The summed E-state index contributed by atoms with van der Waals surface area (Å²) in [6, 6.07) is 10.1. The molecule has 3 nitrogen and oxygen atoms in total. The largest absolute Gasteiger partial charge is 0.349 e. The Hall–Kier alpha value is -1.61. The van der Waals surface area contributed by atoms with Gasteiger partial charge in [0.2, 0.25) is 5.91 Å². The van der Waals surface area contributed by atoms with Gasteiger partial charge >= 0.3 is 0 Å². The number of rotatable bonds is 3. The fourth-order valence-electron chi connectivity index (χ4n) is 1.96. The smallest absolute Gasteiger partial charge is 0.244 e. The van der Waals surface area contributed by atoms with E-state index in [0.717, 1.165) is 31.5 Å². The Balaban J connectivity index is 1.82. The van der Waals surface area contributed by atoms with Crippen molar-refractivity contribution in [3.8, 4) is 0 Å². The predicted molar refractivity (Wildman–Crippen MR) is 69.5 cm³/mol. The van der Waals surface area contributed by atoms with E-state index in [-0.39, 0.29) is 11.9 Å². The maximum Gasteiger partial charge on any atom is 0.244 e. The van der Waals surface area contributed by atoms with Crippen molar-refractivity contribution in [2.24, 2.45) is 0 Å². The molecule has 1 fully saturated rings. The Morgan fingerprint density at radius 1 is 1.35 bits per heavy atom. The Morgan fingerprint density at radius 3 is 2.88 bits per heavy atom. The number of benzene rings is 1. The van der Waals surface area contributed by atoms with E-state index in [0.29, 0.717) is 0 Å². The fraction of sp³-hybridized carbons (Fsp3) is 0.357. The highest BCUT2D eigenvalue weighted by atomic mass is 16.1. The van der Waals surface area contributed by atoms with Crippen LogP contribution in [0.25, 0.3) is 6.08 Å². The molecule has 90 valence electrons. The Morgan fingerprint density at radius 2 is 2.18 bits per heavy atom. The standard InChI is InChI=1S/C14H18N2O/c17-14(16-13-7-4-10-15-11-13)9-8-12-5-2-1-3-6-12/h1-3,5-6,8-9,13,15H,4,7,10-11H2,(H,16,17). The van der Waals surface area contributed by atoms with Crippen molar-refractivity contribution in [3.63, 3.8) is 0 Å². The molecule has 2 rings (SSSR count). The van der Waals surface area contributed by atoms with Gasteiger partial charge in [0.05, 0.1) is 0 Å². The van der Waals surface area contributed by atoms with E-state index in [1.807, 2.05) is 36.4 Å². The van der Waals surface area contributed by atoms with E-state index in [2.05, 4.69) is 10.6 Å². The molecule has 1 atom stereocenters. The minimum absolute atomic E-state index is 0.0115. The molecule has 0 aromatic heterocycles. The van der Waals surface area contributed by atoms with Crippen molar-refractivity contribution in [1.29, 1.82) is 0 Å². The van der Waals surface area contributed by atoms with Gasteiger partial charge in [-0.3, -0.25) is 4.79 Å². The zero-order valence-electron chi connectivity index (χ0n) is 9.86. The van der Waals surface area contributed by atoms with Gasteiger partial charge in [-0.1, -0.05) is 30.3 Å². The van der Waals surface area contributed by atoms with Gasteiger partial charge in [-0.2, -0.15) is 0 Å². The van der Waals surface area contributed by atoms with Crippen molar-refractivity contribution in [1.82, 2.24) is 10.6 Å². The zero-order chi connectivity index (χ0) is 11.9. The highest BCUT2D eigenvalue weighted by molar-refractivity contribution is 5.91. The average Bonchev–Trinajstić information content (AvgIpc) is 2.39. The molecule has 1 unspecified atom stereocenters. The second kappa shape index (κ2) is 6.21. The summed E-state index contributed by atoms with van der Waals surface area (Å²) >= 11 is 0. The third-order valence-corrected chi connectivity index (χ3v) is 2.87. The van der Waals surface area contributed by atoms with E-state index in [9.17, 15) is 4.79 Å². The minimum atomic E-state index is -0.0115. The van der Waals surface area contributed by atoms with E-state index in [4.69, 9.17) is 0 Å². The van der Waals surface area contributed by atoms with Crippen LogP contribution in [0.5, 0.6) is 0 Å². The molecule has 0 saturated carbocycles. The molecule has 17 heavy (non-hydrogen) atoms. The monoisotopic (exact) mass is 230 g/mol. The molecule has 3 heteroatoms. The molecule has 1 heterocycles. The normalized spacial score (nSPS) is 20.4. The first kappa shape index (κ1) is 11.9. The van der Waals surface area contributed by atoms with Gasteiger partial charge in [0.25, 0.3) is 0 Å². The molecule has 1 aliphatic rings. The molecule has 0 radical (unpaired) electrons. The summed E-state index contributed by atoms with van der Waals surface area (Å²) in [5.41, 5.74) is 1.05. The summed E-state index contributed by atoms with van der Waals surface area (Å²) in [4.78, 5) is 11.7. The van der Waals surface area contributed by atoms with Crippen LogP contribution in [0.3, 0.4) is 0 Å². The first-order valence-electron chi connectivity index (χ1n) is 6.09. The fourth-order valence-corrected chi connectivity index (χ4v) is 1.96. The SMILES string of the molecule is O=C(C=Cc1ccccc1)NC1CCCNC1. The van der Waals surface area contributed by atoms with E-state index in [1.165, 1.54) is 0 Å². The topological polar surface area (TPSA) is 41.1 Å². The Kier molecular flexibility index (Phi) is 4.33. The molecule has 0 aliphatic carbocycles. The van der Waals surface area contributed by atoms with Crippen LogP contribution < -0.4 is 10.6 Å². The number of nitrogens with one attached hydrogen (secondary N) is 2. The van der Waals surface area contributed by atoms with Crippen LogP contribution in [-0.4, -0.2) is 25.0 Å². The summed E-state index contributed by atoms with van der Waals surface area (Å²) in [5.74, 6) is -0.0115. The van der Waals surface area contributed by atoms with Crippen LogP contribution in [0.1, 0.15) is 18.4 Å². The van der Waals surface area contributed by atoms with Crippen molar-refractivity contribution < 1.29 is 4.79 Å². The molecule has 0 spiro atoms. The summed E-state index contributed by atoms with van der Waals surface area (Å²) in [5, 5.41) is 6.28. The molecular weight excluding hydrogens is 212 g/mol. The number of hydrogen-bond acceptors (Lipinski definition) is 2. The van der Waals surface area contributed by atoms with E-state index in [1.54, 1.807) is 6.08 Å². The maximum absolute atomic E-state index is 11.7. The van der Waals surface area contributed by atoms with Crippen LogP contribution >= 0.6 is 0 Å². The molecule has 1 saturated heterocycles. The molecule has 1 amide bonds. The zero-order valence-corrected chi connectivity index (χ0v) is 9.86. The first-order valence-corrected chi connectivity index (χ1v) is 6.09. The lowest BCUT2D eigenvalue weighted by atomic mass is 10.1. The summed E-state index contributed by atoms with van der Waals surface area (Å²) in [7, 11) is 0. The van der Waals surface area contributed by atoms with Gasteiger partial charge in [-0.25, -0.2) is 0 Å². The van der Waals surface area contributed by atoms with Gasteiger partial charge in [0, 0.05) is 18.7 Å². The van der Waals surface area contributed by atoms with Gasteiger partial charge in [0.1, 0.15) is 0 Å². The maximum atomic E-state index is 11.7. The highest BCUT2D eigenvalue weighted by Crippen LogP contribution is 2.03. The quantitative estimate of drug-likeness (QED) is 0.774. The van der Waals surface area contributed by atoms with Crippen molar-refractivity contribution in [2.45, 2.75) is 18.9 Å². The Labute approximate surface area is 102 Å². The third kappa shape index (κ3) is 4.04. The van der Waals surface area contributed by atoms with Gasteiger partial charge in [-0.05, 0) is 31.0 Å². The van der Waals surface area contributed by atoms with Crippen LogP contribution in [0.15, 0.2) is 36.4 Å². The first-order chi connectivity index (χ1) is 8.34. The Bertz CT molecular complexity index is 380. The van der Waals surface area contributed by atoms with Crippen LogP contribution in [0.4, 0.5) is 0 Å². The summed E-state index contributed by atoms with van der Waals surface area (Å²) < 4.78 is 0. The van der Waals surface area contributed by atoms with Crippen molar-refractivity contribution in [3.05, 3.63) is 42.0 Å². The summed E-state index contributed by atoms with van der Waals surface area (Å²) in [6.45, 7) is 1.94. The van der Waals surface area contributed by atoms with Crippen molar-refractivity contribution >= 4 is 12.0 Å². The van der Waals surface area contributed by atoms with Gasteiger partial charge in [0.15, 0.2) is 0 Å². The lowest BCUT2D eigenvalue weighted by molar-refractivity contribution is -0.117. The number of amides is 1. The molecule has 0 bridgehead atoms. The van der Waals surface area contributed by atoms with E-state index >= 15 is 0 Å². The van der Waals surface area contributed by atoms with Crippen LogP contribution in [0.2, 0.25) is 0 Å². The lowest BCUT2D eigenvalue weighted by Crippen LogP contribution is -2.45. The molecule has 1 aromatic rings. The number of piperidine rings is 1. The van der Waals surface area contributed by atoms with Gasteiger partial charge < -0.3 is 10.6 Å². The lowest BCUT2D eigenvalue weighted by Gasteiger charge is -2.23. The molecular formula is C14H18N2O. The second-order valence-electron chi connectivity index (χ2n) is 4.30. The van der Waals surface area contributed by atoms with Crippen molar-refractivity contribution in [2.75, 3.05) is 13.1 Å². The predicted octanol–water partition coefficient (Wildman–Crippen LogP) is 1.57. The van der Waals surface area contributed by atoms with E-state index < -0.39 is 0 Å². The van der Waals surface area contributed by atoms with Crippen LogP contribution in [0, 0.1) is 0 Å². The number of carbonyl (C=O) groups excluding carboxylic acids is 1. The summed E-state index contributed by atoms with van der Waals surface area (Å²) in [6.07, 6.45) is 5.64. The minimum Gasteiger partial charge on any atom is -0.349 e. The second-order valence-corrected chi connectivity index (χ2v) is 4.30. The van der Waals surface area contributed by atoms with Gasteiger partial charge in [-0.15, -0.1) is 0 Å². The molecule has 1 aromatic carbocycles. The molecule has 1 aliphatic heterocycles. The van der Waals surface area contributed by atoms with Crippen LogP contribution in [-0.2, 0) is 4.79 Å². The third-order valence-electron chi connectivity index (χ3n) is 2.87. The average molecular weight is 230 g/mol. The molecule has 2 N–H and O–H groups in total. The number of carbonyl (C=O) groups is 1.